The molecule has 0 aliphatic carbocycles. The van der Waals surface area contributed by atoms with Gasteiger partial charge in [0.1, 0.15) is 0 Å². The van der Waals surface area contributed by atoms with Gasteiger partial charge in [0.25, 0.3) is 0 Å². The van der Waals surface area contributed by atoms with Gasteiger partial charge in [-0.1, -0.05) is 0 Å². The second kappa shape index (κ2) is 6.88. The average Bonchev–Trinajstić information content (AvgIpc) is 2.55. The molecule has 0 bridgehead atoms. The van der Waals surface area contributed by atoms with Crippen LogP contribution in [0.5, 0.6) is 0 Å². The Morgan fingerprint density at radius 3 is 2.69 bits per heavy atom. The van der Waals surface area contributed by atoms with Crippen molar-refractivity contribution in [1.82, 2.24) is 4.90 Å². The summed E-state index contributed by atoms with van der Waals surface area (Å²) >= 11 is 1.42. The van der Waals surface area contributed by atoms with E-state index in [2.05, 4.69) is 0 Å². The summed E-state index contributed by atoms with van der Waals surface area (Å²) in [5.74, 6) is -0.187. The number of carbonyl (C=O) groups excluding carboxylic acids is 2. The highest BCUT2D eigenvalue weighted by Crippen LogP contribution is 2.22. The third kappa shape index (κ3) is 3.47. The Bertz CT molecular complexity index is 259. The molecule has 0 spiro atoms. The van der Waals surface area contributed by atoms with Crippen molar-refractivity contribution in [3.8, 4) is 0 Å². The largest absolute Gasteiger partial charge is 0.382 e. The van der Waals surface area contributed by atoms with Crippen LogP contribution in [0.15, 0.2) is 0 Å². The van der Waals surface area contributed by atoms with Gasteiger partial charge in [-0.25, -0.2) is 0 Å². The molecule has 1 saturated heterocycles. The second-order valence-corrected chi connectivity index (χ2v) is 4.46. The molecule has 6 heteroatoms. The number of rotatable bonds is 7. The Morgan fingerprint density at radius 1 is 1.38 bits per heavy atom. The average molecular weight is 247 g/mol. The van der Waals surface area contributed by atoms with Gasteiger partial charge in [-0.05, 0) is 6.26 Å². The molecule has 1 atom stereocenters. The minimum atomic E-state index is -0.202. The number of ether oxygens (including phenoxy) is 2. The quantitative estimate of drug-likeness (QED) is 0.473. The van der Waals surface area contributed by atoms with E-state index in [0.29, 0.717) is 32.8 Å². The molecule has 1 aliphatic heterocycles. The summed E-state index contributed by atoms with van der Waals surface area (Å²) in [5, 5.41) is -0.202. The summed E-state index contributed by atoms with van der Waals surface area (Å²) < 4.78 is 10.0. The molecule has 92 valence electrons. The van der Waals surface area contributed by atoms with E-state index in [9.17, 15) is 9.59 Å². The van der Waals surface area contributed by atoms with E-state index in [1.807, 2.05) is 6.26 Å². The Morgan fingerprint density at radius 2 is 2.12 bits per heavy atom. The monoisotopic (exact) mass is 247 g/mol. The lowest BCUT2D eigenvalue weighted by atomic mass is 10.4. The van der Waals surface area contributed by atoms with E-state index in [4.69, 9.17) is 9.47 Å². The van der Waals surface area contributed by atoms with Crippen molar-refractivity contribution in [2.24, 2.45) is 0 Å². The molecule has 1 unspecified atom stereocenters. The fourth-order valence-corrected chi connectivity index (χ4v) is 2.11. The molecule has 0 saturated carbocycles. The van der Waals surface area contributed by atoms with Gasteiger partial charge in [-0.15, -0.1) is 0 Å². The number of hydrogen-bond acceptors (Lipinski definition) is 5. The number of carbonyl (C=O) groups is 2. The fraction of sp³-hybridized carbons (Fsp3) is 0.800. The van der Waals surface area contributed by atoms with Crippen molar-refractivity contribution < 1.29 is 19.1 Å². The summed E-state index contributed by atoms with van der Waals surface area (Å²) in [7, 11) is 1.60. The van der Waals surface area contributed by atoms with Crippen LogP contribution in [0.3, 0.4) is 0 Å². The van der Waals surface area contributed by atoms with Gasteiger partial charge in [0.2, 0.25) is 11.8 Å². The molecular weight excluding hydrogens is 230 g/mol. The first-order valence-corrected chi connectivity index (χ1v) is 6.43. The highest BCUT2D eigenvalue weighted by atomic mass is 32.2. The van der Waals surface area contributed by atoms with Crippen LogP contribution in [0, 0.1) is 0 Å². The summed E-state index contributed by atoms with van der Waals surface area (Å²) in [5.41, 5.74) is 0. The minimum Gasteiger partial charge on any atom is -0.382 e. The Balaban J connectivity index is 2.26. The molecule has 5 nitrogen and oxygen atoms in total. The topological polar surface area (TPSA) is 55.8 Å². The van der Waals surface area contributed by atoms with E-state index in [1.54, 1.807) is 7.11 Å². The lowest BCUT2D eigenvalue weighted by molar-refractivity contribution is -0.139. The number of imide groups is 1. The van der Waals surface area contributed by atoms with Crippen LogP contribution in [0.2, 0.25) is 0 Å². The Hall–Kier alpha value is -0.590. The van der Waals surface area contributed by atoms with Crippen molar-refractivity contribution in [2.75, 3.05) is 39.7 Å². The highest BCUT2D eigenvalue weighted by Gasteiger charge is 2.37. The first-order chi connectivity index (χ1) is 7.70. The summed E-state index contributed by atoms with van der Waals surface area (Å²) in [6.45, 7) is 1.73. The predicted molar refractivity (Wildman–Crippen MR) is 61.3 cm³/mol. The van der Waals surface area contributed by atoms with Crippen LogP contribution < -0.4 is 0 Å². The standard InChI is InChI=1S/C10H17NO4S/c1-14-5-6-15-4-3-11-9(12)7-8(16-2)10(11)13/h8H,3-7H2,1-2H3. The zero-order valence-electron chi connectivity index (χ0n) is 9.60. The van der Waals surface area contributed by atoms with Crippen LogP contribution in [-0.4, -0.2) is 61.7 Å². The first kappa shape index (κ1) is 13.5. The van der Waals surface area contributed by atoms with E-state index in [0.717, 1.165) is 0 Å². The van der Waals surface area contributed by atoms with Crippen LogP contribution in [0.4, 0.5) is 0 Å². The van der Waals surface area contributed by atoms with Gasteiger partial charge in [-0.2, -0.15) is 11.8 Å². The molecule has 1 fully saturated rings. The Kier molecular flexibility index (Phi) is 5.79. The number of thioether (sulfide) groups is 1. The summed E-state index contributed by atoms with van der Waals surface area (Å²) in [4.78, 5) is 24.4. The van der Waals surface area contributed by atoms with Crippen LogP contribution in [0.1, 0.15) is 6.42 Å². The van der Waals surface area contributed by atoms with E-state index < -0.39 is 0 Å². The number of hydrogen-bond donors (Lipinski definition) is 0. The highest BCUT2D eigenvalue weighted by molar-refractivity contribution is 8.00. The van der Waals surface area contributed by atoms with Gasteiger partial charge < -0.3 is 9.47 Å². The first-order valence-electron chi connectivity index (χ1n) is 5.14. The maximum Gasteiger partial charge on any atom is 0.242 e. The molecule has 0 aromatic heterocycles. The van der Waals surface area contributed by atoms with E-state index in [-0.39, 0.29) is 17.1 Å². The van der Waals surface area contributed by atoms with Crippen LogP contribution in [0.25, 0.3) is 0 Å². The van der Waals surface area contributed by atoms with Crippen LogP contribution >= 0.6 is 11.8 Å². The summed E-state index contributed by atoms with van der Waals surface area (Å²) in [6.07, 6.45) is 2.16. The third-order valence-electron chi connectivity index (χ3n) is 2.38. The molecule has 1 aliphatic rings. The third-order valence-corrected chi connectivity index (χ3v) is 3.32. The van der Waals surface area contributed by atoms with E-state index in [1.165, 1.54) is 16.7 Å². The lowest BCUT2D eigenvalue weighted by Gasteiger charge is -2.14. The molecule has 0 radical (unpaired) electrons. The maximum atomic E-state index is 11.7. The molecule has 2 amide bonds. The maximum absolute atomic E-state index is 11.7. The smallest absolute Gasteiger partial charge is 0.242 e. The van der Waals surface area contributed by atoms with Crippen molar-refractivity contribution in [1.29, 1.82) is 0 Å². The number of nitrogens with zero attached hydrogens (tertiary/aromatic N) is 1. The lowest BCUT2D eigenvalue weighted by Crippen LogP contribution is -2.34. The fourth-order valence-electron chi connectivity index (χ4n) is 1.47. The van der Waals surface area contributed by atoms with Crippen molar-refractivity contribution in [3.05, 3.63) is 0 Å². The molecule has 1 rings (SSSR count). The van der Waals surface area contributed by atoms with Crippen molar-refractivity contribution >= 4 is 23.6 Å². The molecule has 1 heterocycles. The van der Waals surface area contributed by atoms with Gasteiger partial charge >= 0.3 is 0 Å². The SMILES string of the molecule is COCCOCCN1C(=O)CC(SC)C1=O. The van der Waals surface area contributed by atoms with Crippen molar-refractivity contribution in [2.45, 2.75) is 11.7 Å². The van der Waals surface area contributed by atoms with Crippen molar-refractivity contribution in [3.63, 3.8) is 0 Å². The van der Waals surface area contributed by atoms with Gasteiger partial charge in [0.05, 0.1) is 31.6 Å². The van der Waals surface area contributed by atoms with Gasteiger partial charge in [-0.3, -0.25) is 14.5 Å². The number of likely N-dealkylation sites (tertiary alicyclic amines) is 1. The number of amides is 2. The van der Waals surface area contributed by atoms with Gasteiger partial charge in [0.15, 0.2) is 0 Å². The normalized spacial score (nSPS) is 20.9. The molecular formula is C10H17NO4S. The Labute approximate surface area is 99.5 Å². The summed E-state index contributed by atoms with van der Waals surface area (Å²) in [6, 6.07) is 0. The van der Waals surface area contributed by atoms with E-state index >= 15 is 0 Å². The predicted octanol–water partition coefficient (Wildman–Crippen LogP) is 0.140. The zero-order valence-corrected chi connectivity index (χ0v) is 10.4. The second-order valence-electron chi connectivity index (χ2n) is 3.42. The minimum absolute atomic E-state index is 0.0900. The van der Waals surface area contributed by atoms with Gasteiger partial charge in [0, 0.05) is 13.5 Å². The molecule has 0 N–H and O–H groups in total. The zero-order chi connectivity index (χ0) is 12.0. The number of methoxy groups -OCH3 is 1. The van der Waals surface area contributed by atoms with Crippen LogP contribution in [-0.2, 0) is 19.1 Å². The molecule has 0 aromatic rings. The molecule has 0 aromatic carbocycles. The molecule has 16 heavy (non-hydrogen) atoms.